The van der Waals surface area contributed by atoms with Crippen LogP contribution >= 0.6 is 11.3 Å². The summed E-state index contributed by atoms with van der Waals surface area (Å²) in [7, 11) is 0. The molecule has 1 fully saturated rings. The molecule has 2 aliphatic rings. The minimum Gasteiger partial charge on any atom is -0.490 e. The van der Waals surface area contributed by atoms with Crippen LogP contribution in [0.5, 0.6) is 11.5 Å². The van der Waals surface area contributed by atoms with E-state index >= 15 is 0 Å². The number of nitrogens with one attached hydrogen (secondary N) is 1. The Morgan fingerprint density at radius 2 is 1.79 bits per heavy atom. The molecule has 1 aromatic heterocycles. The molecule has 7 nitrogen and oxygen atoms in total. The fraction of sp³-hybridized carbons (Fsp3) is 0.387. The Kier molecular flexibility index (Phi) is 8.93. The number of fused-ring (bicyclic) bond motifs is 1. The number of benzene rings is 2. The predicted octanol–water partition coefficient (Wildman–Crippen LogP) is 5.71. The van der Waals surface area contributed by atoms with Crippen molar-refractivity contribution >= 4 is 34.4 Å². The van der Waals surface area contributed by atoms with Gasteiger partial charge in [-0.25, -0.2) is 4.99 Å². The topological polar surface area (TPSA) is 80.2 Å². The second kappa shape index (κ2) is 12.9. The first-order valence-electron chi connectivity index (χ1n) is 13.8. The lowest BCUT2D eigenvalue weighted by molar-refractivity contribution is -0.132. The molecule has 5 rings (SSSR count). The summed E-state index contributed by atoms with van der Waals surface area (Å²) in [5.41, 5.74) is 3.74. The maximum Gasteiger partial charge on any atom is 0.260 e. The highest BCUT2D eigenvalue weighted by atomic mass is 32.1. The number of thiophene rings is 1. The second-order valence-corrected chi connectivity index (χ2v) is 10.9. The van der Waals surface area contributed by atoms with Crippen LogP contribution in [0.4, 0.5) is 5.00 Å². The van der Waals surface area contributed by atoms with Crippen molar-refractivity contribution in [3.8, 4) is 11.5 Å². The van der Waals surface area contributed by atoms with Crippen molar-refractivity contribution in [3.63, 3.8) is 0 Å². The number of rotatable bonds is 10. The number of hydrogen-bond donors (Lipinski definition) is 1. The number of amides is 2. The molecule has 2 amide bonds. The molecule has 1 N–H and O–H groups in total. The molecule has 0 radical (unpaired) electrons. The van der Waals surface area contributed by atoms with Gasteiger partial charge in [-0.1, -0.05) is 30.3 Å². The van der Waals surface area contributed by atoms with E-state index in [0.717, 1.165) is 73.3 Å². The number of aryl methyl sites for hydroxylation is 1. The predicted molar refractivity (Wildman–Crippen MR) is 155 cm³/mol. The van der Waals surface area contributed by atoms with Gasteiger partial charge in [0.25, 0.3) is 11.8 Å². The maximum atomic E-state index is 13.3. The molecule has 204 valence electrons. The zero-order valence-corrected chi connectivity index (χ0v) is 23.2. The molecular formula is C31H35N3O4S. The first-order valence-corrected chi connectivity index (χ1v) is 14.6. The van der Waals surface area contributed by atoms with Crippen LogP contribution in [-0.4, -0.2) is 49.2 Å². The van der Waals surface area contributed by atoms with Crippen LogP contribution in [0.3, 0.4) is 0 Å². The molecule has 1 aliphatic carbocycles. The molecular weight excluding hydrogens is 510 g/mol. The minimum atomic E-state index is -0.0770. The largest absolute Gasteiger partial charge is 0.490 e. The summed E-state index contributed by atoms with van der Waals surface area (Å²) in [5, 5.41) is 3.83. The van der Waals surface area contributed by atoms with Crippen LogP contribution in [0.2, 0.25) is 0 Å². The van der Waals surface area contributed by atoms with E-state index in [2.05, 4.69) is 5.32 Å². The number of ether oxygens (including phenoxy) is 2. The minimum absolute atomic E-state index is 0.000296. The van der Waals surface area contributed by atoms with E-state index in [-0.39, 0.29) is 18.4 Å². The van der Waals surface area contributed by atoms with Crippen LogP contribution in [0.25, 0.3) is 0 Å². The summed E-state index contributed by atoms with van der Waals surface area (Å²) in [6.07, 6.45) is 8.00. The van der Waals surface area contributed by atoms with Gasteiger partial charge in [0.05, 0.1) is 12.2 Å². The van der Waals surface area contributed by atoms with Crippen molar-refractivity contribution in [1.82, 2.24) is 10.2 Å². The molecule has 0 unspecified atom stereocenters. The van der Waals surface area contributed by atoms with Gasteiger partial charge in [-0.15, -0.1) is 11.3 Å². The molecule has 8 heteroatoms. The van der Waals surface area contributed by atoms with E-state index in [1.807, 2.05) is 60.4 Å². The summed E-state index contributed by atoms with van der Waals surface area (Å²) in [5.74, 6) is 1.03. The Bertz CT molecular complexity index is 1330. The molecule has 1 saturated heterocycles. The highest BCUT2D eigenvalue weighted by Crippen LogP contribution is 2.40. The van der Waals surface area contributed by atoms with Gasteiger partial charge in [0, 0.05) is 30.7 Å². The third-order valence-corrected chi connectivity index (χ3v) is 8.28. The molecule has 2 heterocycles. The lowest BCUT2D eigenvalue weighted by Gasteiger charge is -2.17. The first kappa shape index (κ1) is 26.9. The molecule has 39 heavy (non-hydrogen) atoms. The van der Waals surface area contributed by atoms with E-state index in [9.17, 15) is 9.59 Å². The van der Waals surface area contributed by atoms with E-state index in [0.29, 0.717) is 30.2 Å². The van der Waals surface area contributed by atoms with Crippen molar-refractivity contribution in [2.75, 3.05) is 26.3 Å². The van der Waals surface area contributed by atoms with E-state index in [1.165, 1.54) is 4.88 Å². The number of hydrogen-bond acceptors (Lipinski definition) is 6. The fourth-order valence-corrected chi connectivity index (χ4v) is 6.30. The highest BCUT2D eigenvalue weighted by Gasteiger charge is 2.25. The molecule has 0 bridgehead atoms. The van der Waals surface area contributed by atoms with Gasteiger partial charge < -0.3 is 19.7 Å². The summed E-state index contributed by atoms with van der Waals surface area (Å²) in [6, 6.07) is 15.5. The molecule has 2 aromatic carbocycles. The molecule has 0 atom stereocenters. The number of carbonyl (C=O) groups is 2. The van der Waals surface area contributed by atoms with Crippen LogP contribution in [0, 0.1) is 0 Å². The van der Waals surface area contributed by atoms with E-state index < -0.39 is 0 Å². The standard InChI is InChI=1S/C31H35N3O4S/c1-2-37-26-18-23(14-15-25(26)38-21-28(35)34-16-8-9-17-34)20-33-31-29(24-12-6-7-13-27(24)39-31)30(36)32-19-22-10-4-3-5-11-22/h3-5,10-11,14-15,18,20H,2,6-9,12-13,16-17,19,21H2,1H3,(H,32,36). The van der Waals surface area contributed by atoms with Crippen molar-refractivity contribution in [2.24, 2.45) is 4.99 Å². The Morgan fingerprint density at radius 1 is 1.00 bits per heavy atom. The molecule has 0 saturated carbocycles. The third kappa shape index (κ3) is 6.68. The van der Waals surface area contributed by atoms with Crippen LogP contribution in [0.1, 0.15) is 64.5 Å². The zero-order chi connectivity index (χ0) is 27.0. The van der Waals surface area contributed by atoms with Crippen molar-refractivity contribution in [3.05, 3.63) is 75.7 Å². The van der Waals surface area contributed by atoms with Crippen molar-refractivity contribution < 1.29 is 19.1 Å². The maximum absolute atomic E-state index is 13.3. The Morgan fingerprint density at radius 3 is 2.59 bits per heavy atom. The smallest absolute Gasteiger partial charge is 0.260 e. The van der Waals surface area contributed by atoms with E-state index in [4.69, 9.17) is 14.5 Å². The highest BCUT2D eigenvalue weighted by molar-refractivity contribution is 7.16. The summed E-state index contributed by atoms with van der Waals surface area (Å²) in [6.45, 7) is 4.46. The quantitative estimate of drug-likeness (QED) is 0.331. The fourth-order valence-electron chi connectivity index (χ4n) is 5.07. The lowest BCUT2D eigenvalue weighted by atomic mass is 9.95. The van der Waals surface area contributed by atoms with Crippen LogP contribution in [-0.2, 0) is 24.2 Å². The summed E-state index contributed by atoms with van der Waals surface area (Å²) in [4.78, 5) is 33.7. The lowest BCUT2D eigenvalue weighted by Crippen LogP contribution is -2.32. The van der Waals surface area contributed by atoms with Gasteiger partial charge in [-0.3, -0.25) is 9.59 Å². The molecule has 3 aromatic rings. The Labute approximate surface area is 233 Å². The Hall–Kier alpha value is -3.65. The van der Waals surface area contributed by atoms with Gasteiger partial charge in [0.1, 0.15) is 5.00 Å². The molecule has 1 aliphatic heterocycles. The molecule has 0 spiro atoms. The zero-order valence-electron chi connectivity index (χ0n) is 22.4. The van der Waals surface area contributed by atoms with Gasteiger partial charge in [0.2, 0.25) is 0 Å². The average Bonchev–Trinajstić information content (AvgIpc) is 3.63. The van der Waals surface area contributed by atoms with Crippen molar-refractivity contribution in [2.45, 2.75) is 52.0 Å². The Balaban J connectivity index is 1.33. The van der Waals surface area contributed by atoms with Gasteiger partial charge >= 0.3 is 0 Å². The summed E-state index contributed by atoms with van der Waals surface area (Å²) < 4.78 is 11.7. The van der Waals surface area contributed by atoms with E-state index in [1.54, 1.807) is 17.6 Å². The second-order valence-electron chi connectivity index (χ2n) is 9.83. The SMILES string of the molecule is CCOc1cc(C=Nc2sc3c(c2C(=O)NCc2ccccc2)CCCC3)ccc1OCC(=O)N1CCCC1. The number of likely N-dealkylation sites (tertiary alicyclic amines) is 1. The normalized spacial score (nSPS) is 14.8. The average molecular weight is 546 g/mol. The van der Waals surface area contributed by atoms with Gasteiger partial charge in [-0.2, -0.15) is 0 Å². The first-order chi connectivity index (χ1) is 19.1. The monoisotopic (exact) mass is 545 g/mol. The number of nitrogens with zero attached hydrogens (tertiary/aromatic N) is 2. The van der Waals surface area contributed by atoms with Crippen LogP contribution < -0.4 is 14.8 Å². The number of aliphatic imine (C=N–C) groups is 1. The third-order valence-electron chi connectivity index (χ3n) is 7.08. The van der Waals surface area contributed by atoms with Crippen LogP contribution in [0.15, 0.2) is 53.5 Å². The van der Waals surface area contributed by atoms with Crippen molar-refractivity contribution in [1.29, 1.82) is 0 Å². The van der Waals surface area contributed by atoms with Gasteiger partial charge in [0.15, 0.2) is 18.1 Å². The summed E-state index contributed by atoms with van der Waals surface area (Å²) >= 11 is 1.62. The number of carbonyl (C=O) groups excluding carboxylic acids is 2. The van der Waals surface area contributed by atoms with Gasteiger partial charge in [-0.05, 0) is 80.3 Å².